The molecule has 0 bridgehead atoms. The van der Waals surface area contributed by atoms with Crippen molar-refractivity contribution in [2.75, 3.05) is 0 Å². The molecule has 6 heteroatoms. The van der Waals surface area contributed by atoms with Crippen LogP contribution in [0.15, 0.2) is 10.7 Å². The Balaban J connectivity index is 1.83. The van der Waals surface area contributed by atoms with Crippen molar-refractivity contribution in [2.24, 2.45) is 18.7 Å². The van der Waals surface area contributed by atoms with E-state index < -0.39 is 5.54 Å². The molecule has 0 unspecified atom stereocenters. The Kier molecular flexibility index (Phi) is 3.57. The van der Waals surface area contributed by atoms with Gasteiger partial charge in [0.2, 0.25) is 0 Å². The summed E-state index contributed by atoms with van der Waals surface area (Å²) in [6.45, 7) is 4.18. The Morgan fingerprint density at radius 1 is 1.43 bits per heavy atom. The highest BCUT2D eigenvalue weighted by molar-refractivity contribution is 5.54. The lowest BCUT2D eigenvalue weighted by Gasteiger charge is -2.34. The minimum absolute atomic E-state index is 0.441. The Hall–Kier alpha value is -1.69. The lowest BCUT2D eigenvalue weighted by molar-refractivity contribution is 0.216. The smallest absolute Gasteiger partial charge is 0.261 e. The number of nitrogens with zero attached hydrogens (tertiary/aromatic N) is 4. The third kappa shape index (κ3) is 2.60. The predicted molar refractivity (Wildman–Crippen MR) is 79.4 cm³/mol. The molecule has 0 saturated heterocycles. The summed E-state index contributed by atoms with van der Waals surface area (Å²) in [7, 11) is 1.88. The first kappa shape index (κ1) is 14.3. The third-order valence-electron chi connectivity index (χ3n) is 4.69. The van der Waals surface area contributed by atoms with Crippen LogP contribution in [-0.2, 0) is 12.6 Å². The first-order valence-electron chi connectivity index (χ1n) is 7.65. The minimum Gasteiger partial charge on any atom is -0.334 e. The lowest BCUT2D eigenvalue weighted by Crippen LogP contribution is -2.41. The predicted octanol–water partition coefficient (Wildman–Crippen LogP) is 2.53. The van der Waals surface area contributed by atoms with E-state index in [4.69, 9.17) is 10.3 Å². The number of aromatic nitrogens is 4. The van der Waals surface area contributed by atoms with Gasteiger partial charge < -0.3 is 10.3 Å². The van der Waals surface area contributed by atoms with Crippen LogP contribution in [0, 0.1) is 12.8 Å². The molecule has 3 rings (SSSR count). The van der Waals surface area contributed by atoms with Gasteiger partial charge in [0.15, 0.2) is 5.82 Å². The summed E-state index contributed by atoms with van der Waals surface area (Å²) in [4.78, 5) is 4.54. The third-order valence-corrected chi connectivity index (χ3v) is 4.69. The van der Waals surface area contributed by atoms with Crippen LogP contribution >= 0.6 is 0 Å². The van der Waals surface area contributed by atoms with Crippen LogP contribution in [0.2, 0.25) is 0 Å². The summed E-state index contributed by atoms with van der Waals surface area (Å²) >= 11 is 0. The molecule has 1 fully saturated rings. The van der Waals surface area contributed by atoms with Crippen molar-refractivity contribution in [3.05, 3.63) is 17.7 Å². The SMILES string of the molecule is CCC1CCC(N)(c2noc(-c3cn(C)nc3C)n2)CC1. The molecule has 2 N–H and O–H groups in total. The van der Waals surface area contributed by atoms with Gasteiger partial charge in [-0.25, -0.2) is 0 Å². The van der Waals surface area contributed by atoms with Gasteiger partial charge in [-0.15, -0.1) is 0 Å². The lowest BCUT2D eigenvalue weighted by atomic mass is 9.76. The molecule has 21 heavy (non-hydrogen) atoms. The second-order valence-corrected chi connectivity index (χ2v) is 6.23. The van der Waals surface area contributed by atoms with Gasteiger partial charge in [0.1, 0.15) is 0 Å². The Bertz CT molecular complexity index is 622. The second-order valence-electron chi connectivity index (χ2n) is 6.23. The van der Waals surface area contributed by atoms with E-state index in [-0.39, 0.29) is 0 Å². The molecule has 114 valence electrons. The van der Waals surface area contributed by atoms with E-state index in [0.717, 1.165) is 42.9 Å². The fourth-order valence-electron chi connectivity index (χ4n) is 3.17. The summed E-state index contributed by atoms with van der Waals surface area (Å²) in [5.41, 5.74) is 7.84. The highest BCUT2D eigenvalue weighted by Gasteiger charge is 2.37. The van der Waals surface area contributed by atoms with E-state index in [1.807, 2.05) is 20.2 Å². The van der Waals surface area contributed by atoms with Crippen LogP contribution in [0.5, 0.6) is 0 Å². The van der Waals surface area contributed by atoms with Crippen molar-refractivity contribution in [2.45, 2.75) is 51.5 Å². The number of aryl methyl sites for hydroxylation is 2. The van der Waals surface area contributed by atoms with Crippen molar-refractivity contribution in [3.63, 3.8) is 0 Å². The van der Waals surface area contributed by atoms with E-state index >= 15 is 0 Å². The molecule has 0 atom stereocenters. The molecule has 0 radical (unpaired) electrons. The van der Waals surface area contributed by atoms with Gasteiger partial charge in [0, 0.05) is 13.2 Å². The summed E-state index contributed by atoms with van der Waals surface area (Å²) < 4.78 is 7.17. The molecule has 2 aromatic heterocycles. The average Bonchev–Trinajstić information content (AvgIpc) is 3.06. The summed E-state index contributed by atoms with van der Waals surface area (Å²) in [5, 5.41) is 8.45. The van der Waals surface area contributed by atoms with E-state index in [1.165, 1.54) is 6.42 Å². The van der Waals surface area contributed by atoms with E-state index in [2.05, 4.69) is 22.2 Å². The van der Waals surface area contributed by atoms with Crippen LogP contribution in [0.25, 0.3) is 11.5 Å². The number of rotatable bonds is 3. The molecule has 0 aliphatic heterocycles. The quantitative estimate of drug-likeness (QED) is 0.938. The maximum absolute atomic E-state index is 6.53. The van der Waals surface area contributed by atoms with Gasteiger partial charge in [-0.3, -0.25) is 4.68 Å². The zero-order valence-electron chi connectivity index (χ0n) is 13.0. The number of nitrogens with two attached hydrogens (primary N) is 1. The first-order chi connectivity index (χ1) is 10.0. The summed E-state index contributed by atoms with van der Waals surface area (Å²) in [6.07, 6.45) is 7.25. The molecular formula is C15H23N5O. The van der Waals surface area contributed by atoms with E-state index in [1.54, 1.807) is 4.68 Å². The fourth-order valence-corrected chi connectivity index (χ4v) is 3.17. The normalized spacial score (nSPS) is 26.2. The molecule has 1 aliphatic carbocycles. The molecule has 2 aromatic rings. The average molecular weight is 289 g/mol. The zero-order valence-corrected chi connectivity index (χ0v) is 13.0. The van der Waals surface area contributed by atoms with Crippen molar-refractivity contribution in [1.29, 1.82) is 0 Å². The van der Waals surface area contributed by atoms with Crippen LogP contribution < -0.4 is 5.73 Å². The van der Waals surface area contributed by atoms with Gasteiger partial charge in [-0.2, -0.15) is 10.1 Å². The van der Waals surface area contributed by atoms with Crippen LogP contribution in [0.3, 0.4) is 0 Å². The number of hydrogen-bond acceptors (Lipinski definition) is 5. The molecule has 2 heterocycles. The van der Waals surface area contributed by atoms with Crippen LogP contribution in [-0.4, -0.2) is 19.9 Å². The topological polar surface area (TPSA) is 82.8 Å². The zero-order chi connectivity index (χ0) is 15.0. The molecule has 0 amide bonds. The van der Waals surface area contributed by atoms with E-state index in [9.17, 15) is 0 Å². The molecular weight excluding hydrogens is 266 g/mol. The Morgan fingerprint density at radius 2 is 2.14 bits per heavy atom. The maximum Gasteiger partial charge on any atom is 0.261 e. The first-order valence-corrected chi connectivity index (χ1v) is 7.65. The molecule has 1 saturated carbocycles. The van der Waals surface area contributed by atoms with Crippen LogP contribution in [0.4, 0.5) is 0 Å². The van der Waals surface area contributed by atoms with Gasteiger partial charge >= 0.3 is 0 Å². The van der Waals surface area contributed by atoms with Gasteiger partial charge in [-0.1, -0.05) is 18.5 Å². The molecule has 0 aromatic carbocycles. The van der Waals surface area contributed by atoms with Gasteiger partial charge in [0.25, 0.3) is 5.89 Å². The Labute approximate surface area is 124 Å². The highest BCUT2D eigenvalue weighted by Crippen LogP contribution is 2.38. The minimum atomic E-state index is -0.441. The van der Waals surface area contributed by atoms with E-state index in [0.29, 0.717) is 11.7 Å². The van der Waals surface area contributed by atoms with Gasteiger partial charge in [-0.05, 0) is 38.5 Å². The summed E-state index contributed by atoms with van der Waals surface area (Å²) in [5.74, 6) is 1.93. The monoisotopic (exact) mass is 289 g/mol. The van der Waals surface area contributed by atoms with Gasteiger partial charge in [0.05, 0.1) is 16.8 Å². The number of hydrogen-bond donors (Lipinski definition) is 1. The standard InChI is InChI=1S/C15H23N5O/c1-4-11-5-7-15(16,8-6-11)14-17-13(21-19-14)12-9-20(3)18-10(12)2/h9,11H,4-8,16H2,1-3H3. The highest BCUT2D eigenvalue weighted by atomic mass is 16.5. The van der Waals surface area contributed by atoms with Crippen molar-refractivity contribution in [3.8, 4) is 11.5 Å². The van der Waals surface area contributed by atoms with Crippen LogP contribution in [0.1, 0.15) is 50.5 Å². The van der Waals surface area contributed by atoms with Crippen molar-refractivity contribution in [1.82, 2.24) is 19.9 Å². The fraction of sp³-hybridized carbons (Fsp3) is 0.667. The molecule has 6 nitrogen and oxygen atoms in total. The van der Waals surface area contributed by atoms with Crippen molar-refractivity contribution < 1.29 is 4.52 Å². The molecule has 0 spiro atoms. The summed E-state index contributed by atoms with van der Waals surface area (Å²) in [6, 6.07) is 0. The second kappa shape index (κ2) is 5.26. The van der Waals surface area contributed by atoms with Crippen molar-refractivity contribution >= 4 is 0 Å². The Morgan fingerprint density at radius 3 is 2.71 bits per heavy atom. The maximum atomic E-state index is 6.53. The largest absolute Gasteiger partial charge is 0.334 e. The molecule has 1 aliphatic rings.